The van der Waals surface area contributed by atoms with Crippen molar-refractivity contribution >= 4 is 28.7 Å². The number of likely N-dealkylation sites (tertiary alicyclic amines) is 1. The van der Waals surface area contributed by atoms with Gasteiger partial charge < -0.3 is 21.1 Å². The second-order valence-electron chi connectivity index (χ2n) is 10.4. The second-order valence-corrected chi connectivity index (χ2v) is 10.4. The Balaban J connectivity index is 1.32. The van der Waals surface area contributed by atoms with E-state index in [9.17, 15) is 9.59 Å². The number of hydrogen-bond donors (Lipinski definition) is 3. The molecule has 9 nitrogen and oxygen atoms in total. The van der Waals surface area contributed by atoms with E-state index in [2.05, 4.69) is 32.3 Å². The summed E-state index contributed by atoms with van der Waals surface area (Å²) in [7, 11) is 0. The fourth-order valence-corrected chi connectivity index (χ4v) is 5.87. The fraction of sp³-hybridized carbons (Fsp3) is 0.290. The van der Waals surface area contributed by atoms with Crippen LogP contribution in [0.5, 0.6) is 0 Å². The molecule has 0 bridgehead atoms. The SMILES string of the molecule is Nc1nc(C(=O)N2Cc3ccccc3C2)c2cc(-c3ccccc3CN3CCCC3C(=O)NCCO)ccc2n1. The third-order valence-corrected chi connectivity index (χ3v) is 7.82. The molecule has 9 heteroatoms. The number of aliphatic hydroxyl groups is 1. The van der Waals surface area contributed by atoms with Gasteiger partial charge in [0, 0.05) is 31.6 Å². The Morgan fingerprint density at radius 2 is 1.75 bits per heavy atom. The first kappa shape index (κ1) is 25.9. The Kier molecular flexibility index (Phi) is 7.15. The molecular weight excluding hydrogens is 504 g/mol. The molecule has 0 spiro atoms. The second kappa shape index (κ2) is 11.0. The Hall–Kier alpha value is -4.34. The van der Waals surface area contributed by atoms with E-state index in [1.54, 1.807) is 4.90 Å². The molecular formula is C31H32N6O3. The summed E-state index contributed by atoms with van der Waals surface area (Å²) in [6, 6.07) is 21.8. The monoisotopic (exact) mass is 536 g/mol. The van der Waals surface area contributed by atoms with Crippen LogP contribution in [0.3, 0.4) is 0 Å². The van der Waals surface area contributed by atoms with Crippen LogP contribution in [0.15, 0.2) is 66.7 Å². The number of carbonyl (C=O) groups excluding carboxylic acids is 2. The van der Waals surface area contributed by atoms with E-state index in [1.165, 1.54) is 0 Å². The lowest BCUT2D eigenvalue weighted by Gasteiger charge is -2.25. The minimum atomic E-state index is -0.221. The van der Waals surface area contributed by atoms with Crippen LogP contribution < -0.4 is 11.1 Å². The Bertz CT molecular complexity index is 1560. The lowest BCUT2D eigenvalue weighted by atomic mass is 9.97. The zero-order valence-electron chi connectivity index (χ0n) is 22.2. The highest BCUT2D eigenvalue weighted by Gasteiger charge is 2.31. The maximum absolute atomic E-state index is 13.7. The van der Waals surface area contributed by atoms with Gasteiger partial charge in [-0.1, -0.05) is 54.6 Å². The van der Waals surface area contributed by atoms with Crippen molar-refractivity contribution in [2.75, 3.05) is 25.4 Å². The van der Waals surface area contributed by atoms with Gasteiger partial charge in [0.15, 0.2) is 0 Å². The van der Waals surface area contributed by atoms with Crippen molar-refractivity contribution in [3.8, 4) is 11.1 Å². The molecule has 2 aliphatic heterocycles. The molecule has 0 aliphatic carbocycles. The molecule has 204 valence electrons. The van der Waals surface area contributed by atoms with Crippen molar-refractivity contribution in [3.63, 3.8) is 0 Å². The number of nitrogen functional groups attached to an aromatic ring is 1. The number of fused-ring (bicyclic) bond motifs is 2. The van der Waals surface area contributed by atoms with E-state index >= 15 is 0 Å². The first-order chi connectivity index (χ1) is 19.5. The maximum atomic E-state index is 13.7. The summed E-state index contributed by atoms with van der Waals surface area (Å²) in [5, 5.41) is 12.6. The van der Waals surface area contributed by atoms with Gasteiger partial charge in [-0.15, -0.1) is 0 Å². The Morgan fingerprint density at radius 3 is 2.52 bits per heavy atom. The normalized spacial score (nSPS) is 16.8. The molecule has 6 rings (SSSR count). The number of carbonyl (C=O) groups is 2. The molecule has 3 aromatic carbocycles. The average molecular weight is 537 g/mol. The average Bonchev–Trinajstić information content (AvgIpc) is 3.62. The molecule has 3 heterocycles. The van der Waals surface area contributed by atoms with E-state index in [0.717, 1.165) is 47.2 Å². The highest BCUT2D eigenvalue weighted by Crippen LogP contribution is 2.32. The number of hydrogen-bond acceptors (Lipinski definition) is 7. The van der Waals surface area contributed by atoms with Crippen molar-refractivity contribution in [3.05, 3.63) is 89.1 Å². The van der Waals surface area contributed by atoms with Crippen LogP contribution in [0.1, 0.15) is 40.0 Å². The van der Waals surface area contributed by atoms with Crippen molar-refractivity contribution in [1.82, 2.24) is 25.1 Å². The van der Waals surface area contributed by atoms with Crippen LogP contribution in [-0.4, -0.2) is 62.4 Å². The van der Waals surface area contributed by atoms with Gasteiger partial charge >= 0.3 is 0 Å². The summed E-state index contributed by atoms with van der Waals surface area (Å²) in [5.74, 6) is -0.147. The smallest absolute Gasteiger partial charge is 0.273 e. The predicted molar refractivity (Wildman–Crippen MR) is 153 cm³/mol. The number of nitrogens with zero attached hydrogens (tertiary/aromatic N) is 4. The molecule has 2 amide bonds. The number of aromatic nitrogens is 2. The lowest BCUT2D eigenvalue weighted by Crippen LogP contribution is -2.43. The van der Waals surface area contributed by atoms with Crippen LogP contribution in [0.4, 0.5) is 5.95 Å². The summed E-state index contributed by atoms with van der Waals surface area (Å²) >= 11 is 0. The lowest BCUT2D eigenvalue weighted by molar-refractivity contribution is -0.125. The van der Waals surface area contributed by atoms with Gasteiger partial charge in [-0.25, -0.2) is 9.97 Å². The van der Waals surface area contributed by atoms with E-state index in [4.69, 9.17) is 10.8 Å². The Labute approximate surface area is 232 Å². The molecule has 1 fully saturated rings. The van der Waals surface area contributed by atoms with E-state index in [1.807, 2.05) is 54.6 Å². The van der Waals surface area contributed by atoms with Crippen molar-refractivity contribution in [1.29, 1.82) is 0 Å². The molecule has 0 saturated carbocycles. The molecule has 4 aromatic rings. The number of anilines is 1. The minimum absolute atomic E-state index is 0.0447. The molecule has 1 unspecified atom stereocenters. The number of nitrogens with two attached hydrogens (primary N) is 1. The van der Waals surface area contributed by atoms with Crippen molar-refractivity contribution in [2.45, 2.75) is 38.5 Å². The number of nitrogens with one attached hydrogen (secondary N) is 1. The van der Waals surface area contributed by atoms with Gasteiger partial charge in [-0.2, -0.15) is 0 Å². The molecule has 40 heavy (non-hydrogen) atoms. The van der Waals surface area contributed by atoms with Gasteiger partial charge in [0.25, 0.3) is 5.91 Å². The number of rotatable bonds is 7. The van der Waals surface area contributed by atoms with Crippen LogP contribution in [0.25, 0.3) is 22.0 Å². The molecule has 4 N–H and O–H groups in total. The molecule has 2 aliphatic rings. The topological polar surface area (TPSA) is 125 Å². The van der Waals surface area contributed by atoms with Gasteiger partial charge in [0.2, 0.25) is 11.9 Å². The summed E-state index contributed by atoms with van der Waals surface area (Å²) in [4.78, 5) is 39.2. The number of benzene rings is 3. The summed E-state index contributed by atoms with van der Waals surface area (Å²) < 4.78 is 0. The predicted octanol–water partition coefficient (Wildman–Crippen LogP) is 3.11. The Morgan fingerprint density at radius 1 is 1.00 bits per heavy atom. The first-order valence-electron chi connectivity index (χ1n) is 13.7. The number of aliphatic hydroxyl groups excluding tert-OH is 1. The standard InChI is InChI=1S/C31H32N6O3/c32-31-34-26-12-11-20(16-25(26)28(35-31)30(40)37-17-21-6-1-2-7-22(21)18-37)24-9-4-3-8-23(24)19-36-14-5-10-27(36)29(39)33-13-15-38/h1-4,6-9,11-12,16,27,38H,5,10,13-15,17-19H2,(H,33,39)(H2,32,34,35). The van der Waals surface area contributed by atoms with Crippen molar-refractivity contribution in [2.24, 2.45) is 0 Å². The van der Waals surface area contributed by atoms with Gasteiger partial charge in [-0.3, -0.25) is 14.5 Å². The van der Waals surface area contributed by atoms with E-state index in [-0.39, 0.29) is 37.0 Å². The largest absolute Gasteiger partial charge is 0.395 e. The molecule has 1 aromatic heterocycles. The van der Waals surface area contributed by atoms with Crippen molar-refractivity contribution < 1.29 is 14.7 Å². The van der Waals surface area contributed by atoms with Crippen LogP contribution in [0, 0.1) is 0 Å². The highest BCUT2D eigenvalue weighted by molar-refractivity contribution is 6.06. The minimum Gasteiger partial charge on any atom is -0.395 e. The van der Waals surface area contributed by atoms with Crippen LogP contribution in [0.2, 0.25) is 0 Å². The molecule has 1 atom stereocenters. The van der Waals surface area contributed by atoms with E-state index < -0.39 is 0 Å². The maximum Gasteiger partial charge on any atom is 0.273 e. The quantitative estimate of drug-likeness (QED) is 0.332. The first-order valence-corrected chi connectivity index (χ1v) is 13.7. The zero-order valence-corrected chi connectivity index (χ0v) is 22.2. The summed E-state index contributed by atoms with van der Waals surface area (Å²) in [6.45, 7) is 2.69. The molecule has 1 saturated heterocycles. The van der Waals surface area contributed by atoms with Gasteiger partial charge in [0.05, 0.1) is 18.2 Å². The molecule has 0 radical (unpaired) electrons. The summed E-state index contributed by atoms with van der Waals surface area (Å²) in [6.07, 6.45) is 1.74. The van der Waals surface area contributed by atoms with E-state index in [0.29, 0.717) is 36.2 Å². The summed E-state index contributed by atoms with van der Waals surface area (Å²) in [5.41, 5.74) is 12.3. The third kappa shape index (κ3) is 5.01. The van der Waals surface area contributed by atoms with Crippen LogP contribution in [-0.2, 0) is 24.4 Å². The number of amides is 2. The van der Waals surface area contributed by atoms with Gasteiger partial charge in [-0.05, 0) is 59.3 Å². The zero-order chi connectivity index (χ0) is 27.6. The third-order valence-electron chi connectivity index (χ3n) is 7.82. The fourth-order valence-electron chi connectivity index (χ4n) is 5.87. The van der Waals surface area contributed by atoms with Gasteiger partial charge in [0.1, 0.15) is 5.69 Å². The van der Waals surface area contributed by atoms with Crippen LogP contribution >= 0.6 is 0 Å². The highest BCUT2D eigenvalue weighted by atomic mass is 16.3.